The van der Waals surface area contributed by atoms with Gasteiger partial charge in [0.25, 0.3) is 5.56 Å². The Hall–Kier alpha value is -2.38. The number of aromatic nitrogens is 2. The molecule has 1 aromatic heterocycles. The number of anilines is 1. The monoisotopic (exact) mass is 438 g/mol. The van der Waals surface area contributed by atoms with E-state index in [-0.39, 0.29) is 11.5 Å². The van der Waals surface area contributed by atoms with E-state index in [9.17, 15) is 4.79 Å². The van der Waals surface area contributed by atoms with E-state index in [1.54, 1.807) is 11.8 Å². The number of fused-ring (bicyclic) bond motifs is 1. The van der Waals surface area contributed by atoms with Crippen LogP contribution < -0.4 is 10.5 Å². The molecule has 0 aliphatic carbocycles. The maximum absolute atomic E-state index is 12.4. The highest BCUT2D eigenvalue weighted by atomic mass is 32.2. The number of hydrogen-bond acceptors (Lipinski definition) is 5. The lowest BCUT2D eigenvalue weighted by Crippen LogP contribution is -2.47. The summed E-state index contributed by atoms with van der Waals surface area (Å²) in [6, 6.07) is 16.4. The molecular weight excluding hydrogens is 412 g/mol. The van der Waals surface area contributed by atoms with E-state index >= 15 is 0 Å². The van der Waals surface area contributed by atoms with Gasteiger partial charge in [-0.25, -0.2) is 4.98 Å². The molecule has 30 heavy (non-hydrogen) atoms. The summed E-state index contributed by atoms with van der Waals surface area (Å²) in [5.74, 6) is 1.67. The molecule has 2 aromatic carbocycles. The summed E-state index contributed by atoms with van der Waals surface area (Å²) < 4.78 is 0.921. The largest absolute Gasteiger partial charge is 0.368 e. The van der Waals surface area contributed by atoms with Gasteiger partial charge >= 0.3 is 0 Å². The zero-order chi connectivity index (χ0) is 21.1. The van der Waals surface area contributed by atoms with Gasteiger partial charge in [0, 0.05) is 43.5 Å². The number of H-pyrrole nitrogens is 1. The number of piperazine rings is 1. The van der Waals surface area contributed by atoms with Gasteiger partial charge in [-0.05, 0) is 29.8 Å². The van der Waals surface area contributed by atoms with Crippen LogP contribution in [0.5, 0.6) is 0 Å². The predicted octanol–water partition coefficient (Wildman–Crippen LogP) is 4.39. The topological polar surface area (TPSA) is 52.2 Å². The second kappa shape index (κ2) is 9.18. The Kier molecular flexibility index (Phi) is 6.39. The van der Waals surface area contributed by atoms with Gasteiger partial charge < -0.3 is 14.8 Å². The molecule has 0 saturated carbocycles. The molecule has 1 fully saturated rings. The first-order valence-electron chi connectivity index (χ1n) is 10.3. The zero-order valence-electron chi connectivity index (χ0n) is 17.3. The maximum atomic E-state index is 12.4. The lowest BCUT2D eigenvalue weighted by molar-refractivity contribution is 0.397. The number of thiocarbonyl (C=S) groups is 1. The Bertz CT molecular complexity index is 1090. The van der Waals surface area contributed by atoms with Crippen molar-refractivity contribution < 1.29 is 0 Å². The fourth-order valence-electron chi connectivity index (χ4n) is 3.59. The Morgan fingerprint density at radius 1 is 1.13 bits per heavy atom. The molecule has 4 rings (SSSR count). The van der Waals surface area contributed by atoms with E-state index in [0.717, 1.165) is 53.2 Å². The van der Waals surface area contributed by atoms with E-state index in [1.165, 1.54) is 5.69 Å². The van der Waals surface area contributed by atoms with Crippen molar-refractivity contribution in [2.45, 2.75) is 25.5 Å². The summed E-state index contributed by atoms with van der Waals surface area (Å²) in [5, 5.41) is 0.639. The van der Waals surface area contributed by atoms with Crippen LogP contribution in [-0.2, 0) is 5.75 Å². The number of benzene rings is 2. The molecule has 156 valence electrons. The Morgan fingerprint density at radius 3 is 2.57 bits per heavy atom. The number of para-hydroxylation sites is 1. The number of nitrogens with one attached hydrogen (secondary N) is 1. The maximum Gasteiger partial charge on any atom is 0.258 e. The van der Waals surface area contributed by atoms with Crippen LogP contribution in [0.25, 0.3) is 10.9 Å². The normalized spacial score (nSPS) is 14.5. The molecule has 0 atom stereocenters. The number of nitrogens with zero attached hydrogens (tertiary/aromatic N) is 3. The number of thioether (sulfide) groups is 1. The minimum atomic E-state index is -0.0739. The quantitative estimate of drug-likeness (QED) is 0.610. The minimum Gasteiger partial charge on any atom is -0.368 e. The van der Waals surface area contributed by atoms with E-state index in [4.69, 9.17) is 12.2 Å². The lowest BCUT2D eigenvalue weighted by Gasteiger charge is -2.37. The van der Waals surface area contributed by atoms with Crippen LogP contribution in [0.15, 0.2) is 53.3 Å². The van der Waals surface area contributed by atoms with Gasteiger partial charge in [0.15, 0.2) is 0 Å². The van der Waals surface area contributed by atoms with Crippen LogP contribution >= 0.6 is 24.0 Å². The molecule has 3 aromatic rings. The van der Waals surface area contributed by atoms with Crippen molar-refractivity contribution in [3.63, 3.8) is 0 Å². The number of rotatable bonds is 4. The summed E-state index contributed by atoms with van der Waals surface area (Å²) in [6.45, 7) is 7.85. The molecule has 1 aliphatic rings. The van der Waals surface area contributed by atoms with Gasteiger partial charge in [0.1, 0.15) is 10.1 Å². The van der Waals surface area contributed by atoms with Gasteiger partial charge in [0.05, 0.1) is 10.9 Å². The Labute approximate surface area is 186 Å². The summed E-state index contributed by atoms with van der Waals surface area (Å²) in [4.78, 5) is 24.6. The van der Waals surface area contributed by atoms with Crippen LogP contribution in [0, 0.1) is 0 Å². The van der Waals surface area contributed by atoms with Crippen molar-refractivity contribution in [1.29, 1.82) is 0 Å². The average Bonchev–Trinajstić information content (AvgIpc) is 2.78. The third-order valence-electron chi connectivity index (χ3n) is 5.36. The highest BCUT2D eigenvalue weighted by molar-refractivity contribution is 8.22. The van der Waals surface area contributed by atoms with Gasteiger partial charge in [-0.15, -0.1) is 0 Å². The number of hydrogen-bond donors (Lipinski definition) is 1. The third kappa shape index (κ3) is 4.68. The van der Waals surface area contributed by atoms with Crippen LogP contribution in [0.1, 0.15) is 31.2 Å². The van der Waals surface area contributed by atoms with Crippen molar-refractivity contribution in [3.05, 3.63) is 70.3 Å². The second-order valence-electron chi connectivity index (χ2n) is 7.82. The summed E-state index contributed by atoms with van der Waals surface area (Å²) in [6.07, 6.45) is 0. The predicted molar refractivity (Wildman–Crippen MR) is 131 cm³/mol. The SMILES string of the molecule is CC(C)c1nc2ccc(CSC(=S)N3CCN(c4ccccc4)CC3)cc2c(=O)[nH]1. The van der Waals surface area contributed by atoms with Crippen molar-refractivity contribution in [1.82, 2.24) is 14.9 Å². The molecule has 0 bridgehead atoms. The summed E-state index contributed by atoms with van der Waals surface area (Å²) >= 11 is 7.35. The molecule has 0 radical (unpaired) electrons. The van der Waals surface area contributed by atoms with Crippen molar-refractivity contribution >= 4 is 44.9 Å². The lowest BCUT2D eigenvalue weighted by atomic mass is 10.1. The van der Waals surface area contributed by atoms with E-state index in [2.05, 4.69) is 44.0 Å². The fourth-order valence-corrected chi connectivity index (χ4v) is 4.78. The molecule has 1 saturated heterocycles. The summed E-state index contributed by atoms with van der Waals surface area (Å²) in [7, 11) is 0. The molecule has 0 unspecified atom stereocenters. The highest BCUT2D eigenvalue weighted by Crippen LogP contribution is 2.22. The van der Waals surface area contributed by atoms with Crippen LogP contribution in [0.2, 0.25) is 0 Å². The standard InChI is InChI=1S/C23H26N4OS2/c1-16(2)21-24-20-9-8-17(14-19(20)22(28)25-21)15-30-23(29)27-12-10-26(11-13-27)18-6-4-3-5-7-18/h3-9,14,16H,10-13,15H2,1-2H3,(H,24,25,28). The molecular formula is C23H26N4OS2. The first-order chi connectivity index (χ1) is 14.5. The van der Waals surface area contributed by atoms with Crippen LogP contribution in [-0.4, -0.2) is 45.4 Å². The Morgan fingerprint density at radius 2 is 1.87 bits per heavy atom. The first-order valence-corrected chi connectivity index (χ1v) is 11.6. The van der Waals surface area contributed by atoms with Crippen LogP contribution in [0.4, 0.5) is 5.69 Å². The zero-order valence-corrected chi connectivity index (χ0v) is 18.9. The molecule has 7 heteroatoms. The van der Waals surface area contributed by atoms with Gasteiger partial charge in [-0.2, -0.15) is 0 Å². The second-order valence-corrected chi connectivity index (χ2v) is 9.43. The fraction of sp³-hybridized carbons (Fsp3) is 0.348. The third-order valence-corrected chi connectivity index (χ3v) is 6.95. The van der Waals surface area contributed by atoms with Crippen molar-refractivity contribution in [2.75, 3.05) is 31.1 Å². The summed E-state index contributed by atoms with van der Waals surface area (Å²) in [5.41, 5.74) is 3.03. The minimum absolute atomic E-state index is 0.0739. The van der Waals surface area contributed by atoms with Gasteiger partial charge in [-0.3, -0.25) is 4.79 Å². The molecule has 1 N–H and O–H groups in total. The average molecular weight is 439 g/mol. The number of aromatic amines is 1. The van der Waals surface area contributed by atoms with Gasteiger partial charge in [-0.1, -0.05) is 62.1 Å². The van der Waals surface area contributed by atoms with Gasteiger partial charge in [0.2, 0.25) is 0 Å². The smallest absolute Gasteiger partial charge is 0.258 e. The Balaban J connectivity index is 1.36. The van der Waals surface area contributed by atoms with Crippen molar-refractivity contribution in [3.8, 4) is 0 Å². The highest BCUT2D eigenvalue weighted by Gasteiger charge is 2.19. The van der Waals surface area contributed by atoms with Crippen molar-refractivity contribution in [2.24, 2.45) is 0 Å². The van der Waals surface area contributed by atoms with E-state index in [0.29, 0.717) is 5.39 Å². The van der Waals surface area contributed by atoms with E-state index < -0.39 is 0 Å². The first kappa shape index (κ1) is 20.9. The molecule has 0 amide bonds. The molecule has 2 heterocycles. The molecule has 5 nitrogen and oxygen atoms in total. The molecule has 1 aliphatic heterocycles. The molecule has 0 spiro atoms. The van der Waals surface area contributed by atoms with Crippen LogP contribution in [0.3, 0.4) is 0 Å². The van der Waals surface area contributed by atoms with E-state index in [1.807, 2.05) is 38.1 Å².